The number of carbonyl (C=O) groups is 1. The van der Waals surface area contributed by atoms with Crippen LogP contribution < -0.4 is 4.74 Å². The fraction of sp³-hybridized carbons (Fsp3) is 0.650. The Balaban J connectivity index is 2.70. The van der Waals surface area contributed by atoms with Crippen LogP contribution in [0, 0.1) is 5.92 Å². The molecule has 0 saturated heterocycles. The number of hydrogen-bond donors (Lipinski definition) is 1. The van der Waals surface area contributed by atoms with E-state index in [0.717, 1.165) is 19.3 Å². The molecule has 1 aromatic rings. The molecule has 5 nitrogen and oxygen atoms in total. The number of carboxylic acid groups (broad SMARTS) is 1. The van der Waals surface area contributed by atoms with E-state index < -0.39 is 15.8 Å². The number of unbranched alkanes of at least 4 members (excludes halogenated alkanes) is 6. The van der Waals surface area contributed by atoms with Gasteiger partial charge in [0.05, 0.1) is 17.3 Å². The first-order valence-corrected chi connectivity index (χ1v) is 11.2. The third-order valence-electron chi connectivity index (χ3n) is 4.13. The van der Waals surface area contributed by atoms with Crippen molar-refractivity contribution in [2.24, 2.45) is 5.92 Å². The third-order valence-corrected chi connectivity index (χ3v) is 5.93. The number of sulfone groups is 1. The number of carboxylic acids is 1. The molecule has 1 aromatic carbocycles. The van der Waals surface area contributed by atoms with Crippen LogP contribution in [-0.2, 0) is 9.84 Å². The fourth-order valence-electron chi connectivity index (χ4n) is 2.62. The van der Waals surface area contributed by atoms with E-state index in [1.807, 2.05) is 13.8 Å². The summed E-state index contributed by atoms with van der Waals surface area (Å²) in [6, 6.07) is 4.11. The maximum absolute atomic E-state index is 12.5. The van der Waals surface area contributed by atoms with E-state index in [2.05, 4.69) is 6.92 Å². The first-order valence-electron chi connectivity index (χ1n) is 9.50. The highest BCUT2D eigenvalue weighted by Crippen LogP contribution is 2.24. The molecule has 0 radical (unpaired) electrons. The van der Waals surface area contributed by atoms with E-state index >= 15 is 0 Å². The molecule has 0 aliphatic carbocycles. The molecule has 148 valence electrons. The van der Waals surface area contributed by atoms with E-state index in [-0.39, 0.29) is 27.9 Å². The van der Waals surface area contributed by atoms with Crippen LogP contribution in [0.2, 0.25) is 0 Å². The predicted molar refractivity (Wildman–Crippen MR) is 104 cm³/mol. The van der Waals surface area contributed by atoms with Crippen LogP contribution >= 0.6 is 0 Å². The van der Waals surface area contributed by atoms with Crippen LogP contribution in [0.1, 0.15) is 76.1 Å². The van der Waals surface area contributed by atoms with Crippen LogP contribution in [0.15, 0.2) is 23.1 Å². The summed E-state index contributed by atoms with van der Waals surface area (Å²) >= 11 is 0. The van der Waals surface area contributed by atoms with Crippen molar-refractivity contribution >= 4 is 15.8 Å². The van der Waals surface area contributed by atoms with Gasteiger partial charge < -0.3 is 9.84 Å². The second-order valence-electron chi connectivity index (χ2n) is 7.11. The van der Waals surface area contributed by atoms with Gasteiger partial charge in [-0.2, -0.15) is 0 Å². The van der Waals surface area contributed by atoms with E-state index in [4.69, 9.17) is 4.74 Å². The minimum Gasteiger partial charge on any atom is -0.492 e. The van der Waals surface area contributed by atoms with Crippen molar-refractivity contribution in [2.45, 2.75) is 70.6 Å². The molecule has 0 amide bonds. The van der Waals surface area contributed by atoms with Gasteiger partial charge in [0.15, 0.2) is 9.84 Å². The quantitative estimate of drug-likeness (QED) is 0.487. The van der Waals surface area contributed by atoms with Crippen molar-refractivity contribution in [1.82, 2.24) is 0 Å². The highest BCUT2D eigenvalue weighted by molar-refractivity contribution is 7.91. The lowest BCUT2D eigenvalue weighted by Gasteiger charge is -2.12. The summed E-state index contributed by atoms with van der Waals surface area (Å²) in [6.07, 6.45) is 7.27. The maximum atomic E-state index is 12.5. The lowest BCUT2D eigenvalue weighted by molar-refractivity contribution is 0.0691. The van der Waals surface area contributed by atoms with Crippen LogP contribution in [0.3, 0.4) is 0 Å². The molecule has 6 heteroatoms. The lowest BCUT2D eigenvalue weighted by Crippen LogP contribution is -2.11. The Kier molecular flexibility index (Phi) is 9.70. The van der Waals surface area contributed by atoms with E-state index in [9.17, 15) is 18.3 Å². The second-order valence-corrected chi connectivity index (χ2v) is 9.22. The summed E-state index contributed by atoms with van der Waals surface area (Å²) < 4.78 is 30.5. The standard InChI is InChI=1S/C20H32O5S/c1-4-5-6-7-8-9-10-13-26(23,24)17-11-12-19(25-15-16(2)3)18(14-17)20(21)22/h11-12,14,16H,4-10,13,15H2,1-3H3,(H,21,22). The monoisotopic (exact) mass is 384 g/mol. The first kappa shape index (κ1) is 22.5. The number of benzene rings is 1. The van der Waals surface area contributed by atoms with Gasteiger partial charge in [0.1, 0.15) is 11.3 Å². The Hall–Kier alpha value is -1.56. The number of aromatic carboxylic acids is 1. The molecule has 0 atom stereocenters. The van der Waals surface area contributed by atoms with Gasteiger partial charge in [-0.3, -0.25) is 0 Å². The minimum atomic E-state index is -3.48. The van der Waals surface area contributed by atoms with Gasteiger partial charge in [-0.1, -0.05) is 59.3 Å². The normalized spacial score (nSPS) is 11.7. The largest absolute Gasteiger partial charge is 0.492 e. The summed E-state index contributed by atoms with van der Waals surface area (Å²) in [6.45, 7) is 6.46. The van der Waals surface area contributed by atoms with Crippen molar-refractivity contribution in [2.75, 3.05) is 12.4 Å². The first-order chi connectivity index (χ1) is 12.3. The maximum Gasteiger partial charge on any atom is 0.339 e. The topological polar surface area (TPSA) is 80.7 Å². The van der Waals surface area contributed by atoms with Crippen LogP contribution in [0.25, 0.3) is 0 Å². The van der Waals surface area contributed by atoms with E-state index in [1.54, 1.807) is 0 Å². The Morgan fingerprint density at radius 1 is 1.08 bits per heavy atom. The summed E-state index contributed by atoms with van der Waals surface area (Å²) in [5.41, 5.74) is -0.105. The molecular weight excluding hydrogens is 352 g/mol. The lowest BCUT2D eigenvalue weighted by atomic mass is 10.1. The summed E-state index contributed by atoms with van der Waals surface area (Å²) in [5, 5.41) is 9.36. The van der Waals surface area contributed by atoms with Crippen LogP contribution in [0.5, 0.6) is 5.75 Å². The smallest absolute Gasteiger partial charge is 0.339 e. The van der Waals surface area contributed by atoms with Crippen molar-refractivity contribution in [1.29, 1.82) is 0 Å². The van der Waals surface area contributed by atoms with Crippen molar-refractivity contribution in [3.8, 4) is 5.75 Å². The summed E-state index contributed by atoms with van der Waals surface area (Å²) in [7, 11) is -3.48. The Morgan fingerprint density at radius 3 is 2.27 bits per heavy atom. The molecule has 26 heavy (non-hydrogen) atoms. The van der Waals surface area contributed by atoms with Gasteiger partial charge in [-0.15, -0.1) is 0 Å². The number of hydrogen-bond acceptors (Lipinski definition) is 4. The van der Waals surface area contributed by atoms with Gasteiger partial charge in [0.2, 0.25) is 0 Å². The molecule has 1 rings (SSSR count). The molecule has 0 heterocycles. The molecule has 0 saturated carbocycles. The highest BCUT2D eigenvalue weighted by atomic mass is 32.2. The molecule has 0 spiro atoms. The average Bonchev–Trinajstić information content (AvgIpc) is 2.58. The van der Waals surface area contributed by atoms with Crippen LogP contribution in [-0.4, -0.2) is 31.9 Å². The van der Waals surface area contributed by atoms with Crippen LogP contribution in [0.4, 0.5) is 0 Å². The van der Waals surface area contributed by atoms with E-state index in [0.29, 0.717) is 13.0 Å². The third kappa shape index (κ3) is 7.77. The SMILES string of the molecule is CCCCCCCCCS(=O)(=O)c1ccc(OCC(C)C)c(C(=O)O)c1. The van der Waals surface area contributed by atoms with Crippen molar-refractivity contribution in [3.05, 3.63) is 23.8 Å². The number of rotatable bonds is 13. The summed E-state index contributed by atoms with van der Waals surface area (Å²) in [5.74, 6) is -0.679. The molecule has 0 bridgehead atoms. The van der Waals surface area contributed by atoms with E-state index in [1.165, 1.54) is 37.5 Å². The Morgan fingerprint density at radius 2 is 1.69 bits per heavy atom. The van der Waals surface area contributed by atoms with Crippen molar-refractivity contribution < 1.29 is 23.1 Å². The molecule has 0 aromatic heterocycles. The zero-order valence-corrected chi connectivity index (χ0v) is 17.0. The predicted octanol–water partition coefficient (Wildman–Crippen LogP) is 4.94. The molecule has 0 fully saturated rings. The second kappa shape index (κ2) is 11.2. The zero-order chi connectivity index (χ0) is 19.6. The molecule has 1 N–H and O–H groups in total. The molecule has 0 aliphatic rings. The minimum absolute atomic E-state index is 0.0477. The van der Waals surface area contributed by atoms with Crippen molar-refractivity contribution in [3.63, 3.8) is 0 Å². The molecule has 0 unspecified atom stereocenters. The fourth-order valence-corrected chi connectivity index (χ4v) is 4.01. The van der Waals surface area contributed by atoms with Gasteiger partial charge in [0, 0.05) is 0 Å². The average molecular weight is 385 g/mol. The summed E-state index contributed by atoms with van der Waals surface area (Å²) in [4.78, 5) is 11.5. The van der Waals surface area contributed by atoms with Gasteiger partial charge >= 0.3 is 5.97 Å². The molecule has 0 aliphatic heterocycles. The van der Waals surface area contributed by atoms with Gasteiger partial charge in [-0.05, 0) is 30.5 Å². The number of ether oxygens (including phenoxy) is 1. The Labute approximate surface area is 157 Å². The Bertz CT molecular complexity index is 665. The molecular formula is C20H32O5S. The van der Waals surface area contributed by atoms with Gasteiger partial charge in [0.25, 0.3) is 0 Å². The zero-order valence-electron chi connectivity index (χ0n) is 16.2. The van der Waals surface area contributed by atoms with Gasteiger partial charge in [-0.25, -0.2) is 13.2 Å². The highest BCUT2D eigenvalue weighted by Gasteiger charge is 2.20.